The van der Waals surface area contributed by atoms with E-state index in [0.29, 0.717) is 0 Å². The van der Waals surface area contributed by atoms with E-state index >= 15 is 0 Å². The first-order valence-corrected chi connectivity index (χ1v) is 7.29. The van der Waals surface area contributed by atoms with Gasteiger partial charge in [0.25, 0.3) is 0 Å². The normalized spacial score (nSPS) is 17.5. The Kier molecular flexibility index (Phi) is 3.07. The van der Waals surface area contributed by atoms with Crippen molar-refractivity contribution in [2.75, 3.05) is 12.1 Å². The van der Waals surface area contributed by atoms with E-state index in [-0.39, 0.29) is 12.6 Å². The summed E-state index contributed by atoms with van der Waals surface area (Å²) in [4.78, 5) is 12.5. The van der Waals surface area contributed by atoms with E-state index in [4.69, 9.17) is 9.47 Å². The molecule has 1 aliphatic carbocycles. The van der Waals surface area contributed by atoms with Crippen molar-refractivity contribution in [1.82, 2.24) is 0 Å². The number of ether oxygens (including phenoxy) is 2. The highest BCUT2D eigenvalue weighted by Crippen LogP contribution is 2.34. The Bertz CT molecular complexity index is 780. The smallest absolute Gasteiger partial charge is 0.231 e. The first-order valence-electron chi connectivity index (χ1n) is 7.29. The first-order chi connectivity index (χ1) is 10.8. The summed E-state index contributed by atoms with van der Waals surface area (Å²) in [5.41, 5.74) is 3.62. The molecule has 0 aromatic heterocycles. The van der Waals surface area contributed by atoms with E-state index in [2.05, 4.69) is 5.32 Å². The van der Waals surface area contributed by atoms with Crippen LogP contribution in [0.1, 0.15) is 22.3 Å². The van der Waals surface area contributed by atoms with Gasteiger partial charge in [0.15, 0.2) is 17.3 Å². The minimum atomic E-state index is 0.107. The number of hydrogen-bond acceptors (Lipinski definition) is 4. The highest BCUT2D eigenvalue weighted by Gasteiger charge is 2.21. The Morgan fingerprint density at radius 1 is 1.00 bits per heavy atom. The predicted molar refractivity (Wildman–Crippen MR) is 83.4 cm³/mol. The summed E-state index contributed by atoms with van der Waals surface area (Å²) in [6.45, 7) is 0.259. The molecule has 4 rings (SSSR count). The third-order valence-electron chi connectivity index (χ3n) is 4.00. The Labute approximate surface area is 128 Å². The molecule has 1 N–H and O–H groups in total. The molecule has 110 valence electrons. The van der Waals surface area contributed by atoms with Gasteiger partial charge in [0.05, 0.1) is 0 Å². The van der Waals surface area contributed by atoms with Crippen LogP contribution in [0.2, 0.25) is 0 Å². The molecular weight excluding hydrogens is 278 g/mol. The van der Waals surface area contributed by atoms with E-state index in [9.17, 15) is 4.79 Å². The fourth-order valence-corrected chi connectivity index (χ4v) is 2.81. The number of Topliss-reactive ketones (excluding diaryl/α,β-unsaturated/α-hetero) is 1. The van der Waals surface area contributed by atoms with Gasteiger partial charge in [0.2, 0.25) is 6.79 Å². The van der Waals surface area contributed by atoms with Crippen molar-refractivity contribution in [3.63, 3.8) is 0 Å². The topological polar surface area (TPSA) is 47.6 Å². The molecule has 0 spiro atoms. The van der Waals surface area contributed by atoms with Crippen LogP contribution in [0.4, 0.5) is 5.69 Å². The summed E-state index contributed by atoms with van der Waals surface area (Å²) in [5.74, 6) is 1.58. The number of nitrogens with one attached hydrogen (secondary N) is 1. The average Bonchev–Trinajstić information content (AvgIpc) is 3.02. The molecule has 0 atom stereocenters. The standard InChI is InChI=1S/C18H15NO3/c20-18-13(6-5-12-3-1-2-4-15(12)18)10-19-14-7-8-16-17(9-14)22-11-21-16/h1-4,7-10,19H,5-6,11H2/b13-10-. The largest absolute Gasteiger partial charge is 0.454 e. The molecule has 0 saturated heterocycles. The molecular formula is C18H15NO3. The highest BCUT2D eigenvalue weighted by molar-refractivity contribution is 6.10. The van der Waals surface area contributed by atoms with E-state index in [1.54, 1.807) is 6.20 Å². The van der Waals surface area contributed by atoms with E-state index < -0.39 is 0 Å². The zero-order valence-corrected chi connectivity index (χ0v) is 12.0. The maximum Gasteiger partial charge on any atom is 0.231 e. The molecule has 4 heteroatoms. The summed E-state index contributed by atoms with van der Waals surface area (Å²) in [6.07, 6.45) is 3.46. The van der Waals surface area contributed by atoms with Gasteiger partial charge in [-0.3, -0.25) is 4.79 Å². The van der Waals surface area contributed by atoms with Crippen molar-refractivity contribution in [3.05, 3.63) is 65.4 Å². The number of ketones is 1. The van der Waals surface area contributed by atoms with Gasteiger partial charge in [-0.05, 0) is 30.5 Å². The van der Waals surface area contributed by atoms with Crippen molar-refractivity contribution in [3.8, 4) is 11.5 Å². The van der Waals surface area contributed by atoms with Crippen molar-refractivity contribution < 1.29 is 14.3 Å². The number of anilines is 1. The fraction of sp³-hybridized carbons (Fsp3) is 0.167. The molecule has 4 nitrogen and oxygen atoms in total. The molecule has 0 amide bonds. The molecule has 0 bridgehead atoms. The number of carbonyl (C=O) groups excluding carboxylic acids is 1. The van der Waals surface area contributed by atoms with Gasteiger partial charge < -0.3 is 14.8 Å². The Morgan fingerprint density at radius 2 is 1.86 bits per heavy atom. The number of aryl methyl sites for hydroxylation is 1. The van der Waals surface area contributed by atoms with Crippen molar-refractivity contribution in [1.29, 1.82) is 0 Å². The third-order valence-corrected chi connectivity index (χ3v) is 4.00. The van der Waals surface area contributed by atoms with Crippen molar-refractivity contribution in [2.24, 2.45) is 0 Å². The maximum absolute atomic E-state index is 12.5. The molecule has 0 unspecified atom stereocenters. The molecule has 0 saturated carbocycles. The predicted octanol–water partition coefficient (Wildman–Crippen LogP) is 3.54. The molecule has 1 heterocycles. The number of benzene rings is 2. The van der Waals surface area contributed by atoms with Crippen LogP contribution in [-0.2, 0) is 6.42 Å². The summed E-state index contributed by atoms with van der Waals surface area (Å²) in [6, 6.07) is 13.4. The number of carbonyl (C=O) groups is 1. The minimum Gasteiger partial charge on any atom is -0.454 e. The van der Waals surface area contributed by atoms with Crippen LogP contribution in [-0.4, -0.2) is 12.6 Å². The van der Waals surface area contributed by atoms with Gasteiger partial charge in [0.1, 0.15) is 0 Å². The number of hydrogen-bond donors (Lipinski definition) is 1. The maximum atomic E-state index is 12.5. The summed E-state index contributed by atoms with van der Waals surface area (Å²) >= 11 is 0. The van der Waals surface area contributed by atoms with E-state index in [0.717, 1.165) is 46.7 Å². The van der Waals surface area contributed by atoms with E-state index in [1.807, 2.05) is 42.5 Å². The minimum absolute atomic E-state index is 0.107. The second kappa shape index (κ2) is 5.22. The Morgan fingerprint density at radius 3 is 2.82 bits per heavy atom. The molecule has 2 aliphatic rings. The van der Waals surface area contributed by atoms with Crippen LogP contribution in [0, 0.1) is 0 Å². The molecule has 1 aliphatic heterocycles. The number of fused-ring (bicyclic) bond motifs is 2. The lowest BCUT2D eigenvalue weighted by atomic mass is 9.87. The van der Waals surface area contributed by atoms with Gasteiger partial charge in [-0.2, -0.15) is 0 Å². The summed E-state index contributed by atoms with van der Waals surface area (Å²) in [5, 5.41) is 3.19. The molecule has 2 aromatic carbocycles. The fourth-order valence-electron chi connectivity index (χ4n) is 2.81. The molecule has 22 heavy (non-hydrogen) atoms. The van der Waals surface area contributed by atoms with Gasteiger partial charge in [-0.15, -0.1) is 0 Å². The second-order valence-electron chi connectivity index (χ2n) is 5.37. The third kappa shape index (κ3) is 2.22. The van der Waals surface area contributed by atoms with Crippen LogP contribution < -0.4 is 14.8 Å². The summed E-state index contributed by atoms with van der Waals surface area (Å²) < 4.78 is 10.6. The lowest BCUT2D eigenvalue weighted by molar-refractivity contribution is 0.102. The SMILES string of the molecule is O=C1/C(=C\Nc2ccc3c(c2)OCO3)CCc2ccccc21. The van der Waals surface area contributed by atoms with Gasteiger partial charge in [-0.1, -0.05) is 24.3 Å². The van der Waals surface area contributed by atoms with Crippen LogP contribution in [0.5, 0.6) is 11.5 Å². The molecule has 0 radical (unpaired) electrons. The Hall–Kier alpha value is -2.75. The zero-order valence-electron chi connectivity index (χ0n) is 12.0. The molecule has 0 fully saturated rings. The Balaban J connectivity index is 1.56. The second-order valence-corrected chi connectivity index (χ2v) is 5.37. The quantitative estimate of drug-likeness (QED) is 0.860. The summed E-state index contributed by atoms with van der Waals surface area (Å²) in [7, 11) is 0. The lowest BCUT2D eigenvalue weighted by Crippen LogP contribution is -2.14. The van der Waals surface area contributed by atoms with Crippen LogP contribution >= 0.6 is 0 Å². The van der Waals surface area contributed by atoms with Crippen molar-refractivity contribution in [2.45, 2.75) is 12.8 Å². The lowest BCUT2D eigenvalue weighted by Gasteiger charge is -2.17. The monoisotopic (exact) mass is 293 g/mol. The van der Waals surface area contributed by atoms with Crippen LogP contribution in [0.3, 0.4) is 0 Å². The first kappa shape index (κ1) is 13.0. The number of allylic oxidation sites excluding steroid dienone is 1. The van der Waals surface area contributed by atoms with Gasteiger partial charge in [0, 0.05) is 29.1 Å². The van der Waals surface area contributed by atoms with Crippen LogP contribution in [0.25, 0.3) is 0 Å². The van der Waals surface area contributed by atoms with E-state index in [1.165, 1.54) is 0 Å². The number of rotatable bonds is 2. The molecule has 2 aromatic rings. The van der Waals surface area contributed by atoms with Crippen LogP contribution in [0.15, 0.2) is 54.2 Å². The van der Waals surface area contributed by atoms with Crippen molar-refractivity contribution >= 4 is 11.5 Å². The average molecular weight is 293 g/mol. The van der Waals surface area contributed by atoms with Gasteiger partial charge >= 0.3 is 0 Å². The zero-order chi connectivity index (χ0) is 14.9. The highest BCUT2D eigenvalue weighted by atomic mass is 16.7. The van der Waals surface area contributed by atoms with Gasteiger partial charge in [-0.25, -0.2) is 0 Å².